The van der Waals surface area contributed by atoms with E-state index < -0.39 is 13.7 Å². The lowest BCUT2D eigenvalue weighted by molar-refractivity contribution is 0.102. The topological polar surface area (TPSA) is 73.3 Å². The molecular formula is C30H31BrN4O. The number of Topliss-reactive ketones (excluding diaryl/α,β-unsaturated/α-hetero) is 1. The van der Waals surface area contributed by atoms with Crippen molar-refractivity contribution in [1.82, 2.24) is 14.4 Å². The third kappa shape index (κ3) is 7.89. The van der Waals surface area contributed by atoms with E-state index in [0.717, 1.165) is 22.5 Å². The number of hydrogen-bond donors (Lipinski definition) is 1. The van der Waals surface area contributed by atoms with Gasteiger partial charge in [-0.25, -0.2) is 9.97 Å². The minimum atomic E-state index is -2.10. The predicted molar refractivity (Wildman–Crippen MR) is 153 cm³/mol. The van der Waals surface area contributed by atoms with Gasteiger partial charge in [-0.3, -0.25) is 4.79 Å². The molecule has 6 heteroatoms. The number of nitrogens with zero attached hydrogens (tertiary/aromatic N) is 3. The Morgan fingerprint density at radius 3 is 2.03 bits per heavy atom. The normalized spacial score (nSPS) is 13.3. The largest absolute Gasteiger partial charge is 0.384 e. The average molecular weight is 550 g/mol. The number of halogens is 1. The second kappa shape index (κ2) is 12.8. The Labute approximate surface area is 229 Å². The highest BCUT2D eigenvalue weighted by molar-refractivity contribution is 9.09. The Kier molecular flexibility index (Phi) is 6.90. The van der Waals surface area contributed by atoms with Crippen LogP contribution in [0.25, 0.3) is 16.9 Å². The van der Waals surface area contributed by atoms with Gasteiger partial charge in [0.25, 0.3) is 0 Å². The standard InChI is InChI=1S/C15H14N2.C9H9BrO.C6H8N2/c1-11-3-6-13(7-4-11)14-10-17-9-12(2)5-8-15(17)16-14;1-7-2-4-8(5-3-7)9(11)6-10;1-5-2-3-6(7)8-4-5/h3-10H,1-2H3;2-5H,6H2,1H3;2-4H,1H3,(H2,7,8)/i2*1D3;. The molecule has 0 saturated carbocycles. The molecule has 0 fully saturated rings. The fraction of sp³-hybridized carbons (Fsp3) is 0.167. The summed E-state index contributed by atoms with van der Waals surface area (Å²) < 4.78 is 45.5. The van der Waals surface area contributed by atoms with E-state index in [4.69, 9.17) is 14.0 Å². The lowest BCUT2D eigenvalue weighted by atomic mass is 10.1. The number of fused-ring (bicyclic) bond motifs is 1. The molecule has 184 valence electrons. The van der Waals surface area contributed by atoms with Gasteiger partial charge in [0.2, 0.25) is 0 Å². The van der Waals surface area contributed by atoms with Crippen LogP contribution in [0.4, 0.5) is 5.82 Å². The number of carbonyl (C=O) groups is 1. The smallest absolute Gasteiger partial charge is 0.173 e. The molecule has 0 unspecified atom stereocenters. The molecule has 5 nitrogen and oxygen atoms in total. The number of carbonyl (C=O) groups excluding carboxylic acids is 1. The van der Waals surface area contributed by atoms with Gasteiger partial charge in [0.05, 0.1) is 11.0 Å². The number of alkyl halides is 1. The van der Waals surface area contributed by atoms with Crippen LogP contribution in [0.5, 0.6) is 0 Å². The minimum absolute atomic E-state index is 0.0536. The van der Waals surface area contributed by atoms with Crippen LogP contribution in [0.15, 0.2) is 91.4 Å². The van der Waals surface area contributed by atoms with Crippen molar-refractivity contribution in [2.45, 2.75) is 27.6 Å². The number of nitrogens with two attached hydrogens (primary N) is 1. The molecule has 0 saturated heterocycles. The van der Waals surface area contributed by atoms with E-state index in [1.165, 1.54) is 29.8 Å². The summed E-state index contributed by atoms with van der Waals surface area (Å²) >= 11 is 3.05. The number of nitrogen functional groups attached to an aromatic ring is 1. The molecule has 0 atom stereocenters. The number of ketones is 1. The molecule has 3 aromatic heterocycles. The molecule has 2 N–H and O–H groups in total. The molecule has 2 aromatic carbocycles. The summed E-state index contributed by atoms with van der Waals surface area (Å²) in [6.07, 6.45) is 5.71. The second-order valence-corrected chi connectivity index (χ2v) is 8.63. The maximum atomic E-state index is 11.2. The number of hydrogen-bond acceptors (Lipinski definition) is 4. The zero-order chi connectivity index (χ0) is 31.1. The number of pyridine rings is 2. The summed E-state index contributed by atoms with van der Waals surface area (Å²) in [6.45, 7) is -0.152. The van der Waals surface area contributed by atoms with Gasteiger partial charge in [0.15, 0.2) is 5.78 Å². The van der Waals surface area contributed by atoms with E-state index in [2.05, 4.69) is 25.9 Å². The molecule has 0 aliphatic rings. The van der Waals surface area contributed by atoms with Crippen LogP contribution in [0, 0.1) is 27.6 Å². The van der Waals surface area contributed by atoms with Crippen molar-refractivity contribution in [2.75, 3.05) is 11.1 Å². The first-order valence-corrected chi connectivity index (χ1v) is 12.2. The van der Waals surface area contributed by atoms with Crippen molar-refractivity contribution in [2.24, 2.45) is 0 Å². The summed E-state index contributed by atoms with van der Waals surface area (Å²) in [5.41, 5.74) is 11.4. The Bertz CT molecular complexity index is 1590. The van der Waals surface area contributed by atoms with Crippen molar-refractivity contribution in [3.8, 4) is 11.3 Å². The Morgan fingerprint density at radius 1 is 0.861 bits per heavy atom. The Hall–Kier alpha value is -3.77. The molecule has 0 aliphatic heterocycles. The zero-order valence-corrected chi connectivity index (χ0v) is 21.7. The van der Waals surface area contributed by atoms with Crippen LogP contribution in [0.2, 0.25) is 0 Å². The SMILES string of the molecule is Cc1ccc(N)nc1.[2H]C([2H])([2H])c1ccc(-c2cn3cc(C)ccc3n2)cc1.[2H]C([2H])([2H])c1ccc(C(=O)CBr)cc1. The van der Waals surface area contributed by atoms with Crippen LogP contribution in [0.1, 0.15) is 40.8 Å². The van der Waals surface area contributed by atoms with Crippen LogP contribution < -0.4 is 5.73 Å². The van der Waals surface area contributed by atoms with Crippen LogP contribution >= 0.6 is 15.9 Å². The third-order valence-electron chi connectivity index (χ3n) is 5.04. The number of anilines is 1. The highest BCUT2D eigenvalue weighted by atomic mass is 79.9. The van der Waals surface area contributed by atoms with Crippen molar-refractivity contribution in [3.63, 3.8) is 0 Å². The molecule has 0 spiro atoms. The second-order valence-electron chi connectivity index (χ2n) is 8.07. The first-order valence-electron chi connectivity index (χ1n) is 14.1. The predicted octanol–water partition coefficient (Wildman–Crippen LogP) is 7.16. The van der Waals surface area contributed by atoms with Crippen molar-refractivity contribution in [1.29, 1.82) is 0 Å². The van der Waals surface area contributed by atoms with Gasteiger partial charge in [-0.1, -0.05) is 87.7 Å². The molecule has 3 heterocycles. The summed E-state index contributed by atoms with van der Waals surface area (Å²) in [6, 6.07) is 20.6. The highest BCUT2D eigenvalue weighted by Gasteiger charge is 2.04. The Morgan fingerprint density at radius 2 is 1.47 bits per heavy atom. The summed E-state index contributed by atoms with van der Waals surface area (Å²) in [5, 5.41) is 0.250. The fourth-order valence-electron chi connectivity index (χ4n) is 3.10. The molecule has 0 amide bonds. The first kappa shape index (κ1) is 19.4. The van der Waals surface area contributed by atoms with Gasteiger partial charge in [-0.05, 0) is 50.8 Å². The number of rotatable bonds is 3. The maximum Gasteiger partial charge on any atom is 0.173 e. The average Bonchev–Trinajstić information content (AvgIpc) is 3.37. The molecule has 0 aliphatic carbocycles. The van der Waals surface area contributed by atoms with Gasteiger partial charge in [0, 0.05) is 37.9 Å². The van der Waals surface area contributed by atoms with E-state index in [0.29, 0.717) is 16.9 Å². The fourth-order valence-corrected chi connectivity index (χ4v) is 3.42. The highest BCUT2D eigenvalue weighted by Crippen LogP contribution is 2.19. The lowest BCUT2D eigenvalue weighted by Crippen LogP contribution is -1.98. The van der Waals surface area contributed by atoms with E-state index in [9.17, 15) is 4.79 Å². The summed E-state index contributed by atoms with van der Waals surface area (Å²) in [4.78, 5) is 19.6. The Balaban J connectivity index is 0.000000191. The molecule has 5 rings (SSSR count). The van der Waals surface area contributed by atoms with E-state index in [1.54, 1.807) is 36.5 Å². The zero-order valence-electron chi connectivity index (χ0n) is 26.1. The molecule has 36 heavy (non-hydrogen) atoms. The molecule has 0 radical (unpaired) electrons. The first-order chi connectivity index (χ1) is 19.7. The monoisotopic (exact) mass is 548 g/mol. The number of benzene rings is 2. The lowest BCUT2D eigenvalue weighted by Gasteiger charge is -1.96. The maximum absolute atomic E-state index is 11.2. The number of imidazole rings is 1. The quantitative estimate of drug-likeness (QED) is 0.191. The van der Waals surface area contributed by atoms with E-state index >= 15 is 0 Å². The van der Waals surface area contributed by atoms with Gasteiger partial charge >= 0.3 is 0 Å². The van der Waals surface area contributed by atoms with Gasteiger partial charge in [-0.2, -0.15) is 0 Å². The summed E-state index contributed by atoms with van der Waals surface area (Å²) in [7, 11) is 0. The van der Waals surface area contributed by atoms with Crippen molar-refractivity contribution < 1.29 is 13.0 Å². The van der Waals surface area contributed by atoms with Crippen molar-refractivity contribution >= 4 is 33.2 Å². The number of aromatic nitrogens is 3. The molecule has 0 bridgehead atoms. The van der Waals surface area contributed by atoms with Gasteiger partial charge < -0.3 is 10.1 Å². The van der Waals surface area contributed by atoms with Crippen molar-refractivity contribution in [3.05, 3.63) is 119 Å². The summed E-state index contributed by atoms with van der Waals surface area (Å²) in [5.74, 6) is 0.526. The molecule has 5 aromatic rings. The van der Waals surface area contributed by atoms with Crippen LogP contribution in [0.3, 0.4) is 0 Å². The minimum Gasteiger partial charge on any atom is -0.384 e. The van der Waals surface area contributed by atoms with Gasteiger partial charge in [-0.15, -0.1) is 0 Å². The van der Waals surface area contributed by atoms with E-state index in [1.807, 2.05) is 48.8 Å². The van der Waals surface area contributed by atoms with E-state index in [-0.39, 0.29) is 16.7 Å². The van der Waals surface area contributed by atoms with Crippen LogP contribution in [-0.2, 0) is 0 Å². The molecular weight excluding hydrogens is 512 g/mol. The third-order valence-corrected chi connectivity index (χ3v) is 5.55. The van der Waals surface area contributed by atoms with Gasteiger partial charge in [0.1, 0.15) is 11.5 Å². The van der Waals surface area contributed by atoms with Crippen LogP contribution in [-0.4, -0.2) is 25.5 Å². The number of aryl methyl sites for hydroxylation is 4.